The molecule has 2 fully saturated rings. The van der Waals surface area contributed by atoms with Gasteiger partial charge in [-0.15, -0.1) is 0 Å². The molecular weight excluding hydrogens is 240 g/mol. The normalized spacial score (nSPS) is 39.8. The maximum Gasteiger partial charge on any atom is 0.302 e. The van der Waals surface area contributed by atoms with Gasteiger partial charge in [0.25, 0.3) is 0 Å². The Morgan fingerprint density at radius 3 is 2.26 bits per heavy atom. The standard InChI is InChI=1S/C16H28O3/c1-11-5-4-6-14(7-11)19-16-9-12(2)8-15(10-16)18-13(3)17/h11-12,14-16H,4-10H2,1-3H3. The maximum absolute atomic E-state index is 11.1. The molecule has 0 bridgehead atoms. The topological polar surface area (TPSA) is 35.5 Å². The molecule has 2 rings (SSSR count). The third-order valence-electron chi connectivity index (χ3n) is 4.46. The predicted octanol–water partition coefficient (Wildman–Crippen LogP) is 3.70. The van der Waals surface area contributed by atoms with Crippen LogP contribution in [0.5, 0.6) is 0 Å². The fourth-order valence-corrected chi connectivity index (χ4v) is 3.70. The SMILES string of the molecule is CC(=O)OC1CC(C)CC(OC2CCCC(C)C2)C1. The van der Waals surface area contributed by atoms with E-state index in [4.69, 9.17) is 9.47 Å². The first kappa shape index (κ1) is 14.8. The molecule has 2 aliphatic rings. The molecule has 5 atom stereocenters. The minimum atomic E-state index is -0.163. The van der Waals surface area contributed by atoms with Crippen LogP contribution in [-0.2, 0) is 14.3 Å². The third-order valence-corrected chi connectivity index (χ3v) is 4.46. The van der Waals surface area contributed by atoms with Gasteiger partial charge >= 0.3 is 5.97 Å². The Morgan fingerprint density at radius 1 is 0.895 bits per heavy atom. The Labute approximate surface area is 117 Å². The molecule has 0 aromatic rings. The predicted molar refractivity (Wildman–Crippen MR) is 74.9 cm³/mol. The molecule has 0 radical (unpaired) electrons. The van der Waals surface area contributed by atoms with Crippen LogP contribution >= 0.6 is 0 Å². The molecule has 0 aromatic carbocycles. The summed E-state index contributed by atoms with van der Waals surface area (Å²) in [5, 5.41) is 0. The largest absolute Gasteiger partial charge is 0.462 e. The first-order valence-corrected chi connectivity index (χ1v) is 7.85. The van der Waals surface area contributed by atoms with E-state index in [0.29, 0.717) is 12.0 Å². The Kier molecular flexibility index (Phi) is 5.26. The van der Waals surface area contributed by atoms with Gasteiger partial charge in [0.1, 0.15) is 6.10 Å². The number of hydrogen-bond acceptors (Lipinski definition) is 3. The van der Waals surface area contributed by atoms with Gasteiger partial charge in [0.2, 0.25) is 0 Å². The molecule has 0 spiro atoms. The molecule has 5 unspecified atom stereocenters. The molecule has 0 N–H and O–H groups in total. The van der Waals surface area contributed by atoms with E-state index in [-0.39, 0.29) is 18.2 Å². The van der Waals surface area contributed by atoms with Gasteiger partial charge in [-0.3, -0.25) is 4.79 Å². The number of rotatable bonds is 3. The van der Waals surface area contributed by atoms with Crippen LogP contribution in [0.1, 0.15) is 65.7 Å². The van der Waals surface area contributed by atoms with Crippen molar-refractivity contribution in [3.63, 3.8) is 0 Å². The highest BCUT2D eigenvalue weighted by Gasteiger charge is 2.31. The van der Waals surface area contributed by atoms with Crippen LogP contribution < -0.4 is 0 Å². The van der Waals surface area contributed by atoms with Gasteiger partial charge in [-0.2, -0.15) is 0 Å². The average Bonchev–Trinajstić information content (AvgIpc) is 2.26. The Hall–Kier alpha value is -0.570. The average molecular weight is 268 g/mol. The molecule has 3 heteroatoms. The molecule has 2 saturated carbocycles. The lowest BCUT2D eigenvalue weighted by molar-refractivity contribution is -0.153. The fraction of sp³-hybridized carbons (Fsp3) is 0.938. The van der Waals surface area contributed by atoms with Crippen molar-refractivity contribution in [3.05, 3.63) is 0 Å². The van der Waals surface area contributed by atoms with Gasteiger partial charge < -0.3 is 9.47 Å². The van der Waals surface area contributed by atoms with Crippen molar-refractivity contribution in [3.8, 4) is 0 Å². The second-order valence-corrected chi connectivity index (χ2v) is 6.70. The fourth-order valence-electron chi connectivity index (χ4n) is 3.70. The molecule has 0 aliphatic heterocycles. The van der Waals surface area contributed by atoms with Crippen LogP contribution in [0, 0.1) is 11.8 Å². The lowest BCUT2D eigenvalue weighted by atomic mass is 9.85. The van der Waals surface area contributed by atoms with E-state index in [0.717, 1.165) is 25.2 Å². The molecule has 0 heterocycles. The highest BCUT2D eigenvalue weighted by molar-refractivity contribution is 5.66. The summed E-state index contributed by atoms with van der Waals surface area (Å²) in [6.45, 7) is 6.05. The number of esters is 1. The Bertz CT molecular complexity index is 302. The van der Waals surface area contributed by atoms with Gasteiger partial charge in [0, 0.05) is 13.3 Å². The minimum Gasteiger partial charge on any atom is -0.462 e. The third kappa shape index (κ3) is 4.79. The van der Waals surface area contributed by atoms with E-state index >= 15 is 0 Å². The second kappa shape index (κ2) is 6.74. The van der Waals surface area contributed by atoms with Crippen LogP contribution in [-0.4, -0.2) is 24.3 Å². The van der Waals surface area contributed by atoms with Crippen LogP contribution in [0.25, 0.3) is 0 Å². The first-order valence-electron chi connectivity index (χ1n) is 7.85. The summed E-state index contributed by atoms with van der Waals surface area (Å²) in [4.78, 5) is 11.1. The summed E-state index contributed by atoms with van der Waals surface area (Å²) in [5.41, 5.74) is 0. The van der Waals surface area contributed by atoms with Gasteiger partial charge in [0.05, 0.1) is 12.2 Å². The van der Waals surface area contributed by atoms with Crippen LogP contribution in [0.15, 0.2) is 0 Å². The van der Waals surface area contributed by atoms with Crippen LogP contribution in [0.2, 0.25) is 0 Å². The highest BCUT2D eigenvalue weighted by Crippen LogP contribution is 2.32. The van der Waals surface area contributed by atoms with E-state index in [1.807, 2.05) is 0 Å². The first-order chi connectivity index (χ1) is 9.02. The summed E-state index contributed by atoms with van der Waals surface area (Å²) < 4.78 is 11.7. The van der Waals surface area contributed by atoms with Gasteiger partial charge in [0.15, 0.2) is 0 Å². The van der Waals surface area contributed by atoms with Gasteiger partial charge in [-0.1, -0.05) is 26.7 Å². The van der Waals surface area contributed by atoms with Crippen molar-refractivity contribution < 1.29 is 14.3 Å². The van der Waals surface area contributed by atoms with Crippen LogP contribution in [0.3, 0.4) is 0 Å². The van der Waals surface area contributed by atoms with E-state index < -0.39 is 0 Å². The molecular formula is C16H28O3. The van der Waals surface area contributed by atoms with E-state index in [9.17, 15) is 4.79 Å². The summed E-state index contributed by atoms with van der Waals surface area (Å²) in [6.07, 6.45) is 8.79. The summed E-state index contributed by atoms with van der Waals surface area (Å²) in [7, 11) is 0. The zero-order valence-electron chi connectivity index (χ0n) is 12.6. The molecule has 3 nitrogen and oxygen atoms in total. The van der Waals surface area contributed by atoms with Crippen molar-refractivity contribution in [2.45, 2.75) is 84.0 Å². The Balaban J connectivity index is 1.83. The molecule has 110 valence electrons. The van der Waals surface area contributed by atoms with E-state index in [2.05, 4.69) is 13.8 Å². The summed E-state index contributed by atoms with van der Waals surface area (Å²) in [5.74, 6) is 1.22. The van der Waals surface area contributed by atoms with Gasteiger partial charge in [-0.25, -0.2) is 0 Å². The van der Waals surface area contributed by atoms with Gasteiger partial charge in [-0.05, 0) is 37.5 Å². The number of hydrogen-bond donors (Lipinski definition) is 0. The monoisotopic (exact) mass is 268 g/mol. The van der Waals surface area contributed by atoms with Crippen molar-refractivity contribution in [2.24, 2.45) is 11.8 Å². The zero-order valence-corrected chi connectivity index (χ0v) is 12.6. The minimum absolute atomic E-state index is 0.0623. The zero-order chi connectivity index (χ0) is 13.8. The molecule has 19 heavy (non-hydrogen) atoms. The smallest absolute Gasteiger partial charge is 0.302 e. The maximum atomic E-state index is 11.1. The van der Waals surface area contributed by atoms with E-state index in [1.165, 1.54) is 32.6 Å². The number of ether oxygens (including phenoxy) is 2. The van der Waals surface area contributed by atoms with E-state index in [1.54, 1.807) is 0 Å². The van der Waals surface area contributed by atoms with Crippen molar-refractivity contribution in [2.75, 3.05) is 0 Å². The van der Waals surface area contributed by atoms with Crippen molar-refractivity contribution in [1.29, 1.82) is 0 Å². The molecule has 0 saturated heterocycles. The number of carbonyl (C=O) groups is 1. The highest BCUT2D eigenvalue weighted by atomic mass is 16.5. The molecule has 0 aromatic heterocycles. The molecule has 2 aliphatic carbocycles. The van der Waals surface area contributed by atoms with Crippen molar-refractivity contribution >= 4 is 5.97 Å². The summed E-state index contributed by atoms with van der Waals surface area (Å²) in [6, 6.07) is 0. The summed E-state index contributed by atoms with van der Waals surface area (Å²) >= 11 is 0. The quantitative estimate of drug-likeness (QED) is 0.732. The Morgan fingerprint density at radius 2 is 1.58 bits per heavy atom. The number of carbonyl (C=O) groups excluding carboxylic acids is 1. The van der Waals surface area contributed by atoms with Crippen LogP contribution in [0.4, 0.5) is 0 Å². The van der Waals surface area contributed by atoms with Crippen molar-refractivity contribution in [1.82, 2.24) is 0 Å². The molecule has 0 amide bonds. The second-order valence-electron chi connectivity index (χ2n) is 6.70. The lowest BCUT2D eigenvalue weighted by Crippen LogP contribution is -2.36. The lowest BCUT2D eigenvalue weighted by Gasteiger charge is -2.36.